The lowest BCUT2D eigenvalue weighted by Crippen LogP contribution is -2.51. The molecule has 1 saturated carbocycles. The normalized spacial score (nSPS) is 24.6. The molecule has 2 fully saturated rings. The van der Waals surface area contributed by atoms with E-state index in [4.69, 9.17) is 15.2 Å². The van der Waals surface area contributed by atoms with E-state index < -0.39 is 6.10 Å². The second-order valence-corrected chi connectivity index (χ2v) is 7.08. The Morgan fingerprint density at radius 3 is 2.50 bits per heavy atom. The molecule has 6 nitrogen and oxygen atoms in total. The Hall–Kier alpha value is -1.34. The van der Waals surface area contributed by atoms with Crippen molar-refractivity contribution < 1.29 is 14.6 Å². The van der Waals surface area contributed by atoms with Crippen molar-refractivity contribution in [3.63, 3.8) is 0 Å². The molecule has 1 aromatic carbocycles. The van der Waals surface area contributed by atoms with Gasteiger partial charge in [0.25, 0.3) is 0 Å². The van der Waals surface area contributed by atoms with Crippen molar-refractivity contribution in [2.45, 2.75) is 31.0 Å². The largest absolute Gasteiger partial charge is 0.486 e. The van der Waals surface area contributed by atoms with Crippen LogP contribution in [0, 0.1) is 0 Å². The van der Waals surface area contributed by atoms with E-state index in [0.717, 1.165) is 43.5 Å². The molecule has 3 aliphatic rings. The number of rotatable bonds is 5. The van der Waals surface area contributed by atoms with E-state index in [9.17, 15) is 5.11 Å². The van der Waals surface area contributed by atoms with Crippen LogP contribution in [-0.4, -0.2) is 72.9 Å². The maximum atomic E-state index is 10.6. The van der Waals surface area contributed by atoms with Crippen LogP contribution in [0.1, 0.15) is 24.5 Å². The molecule has 1 aromatic rings. The third-order valence-corrected chi connectivity index (χ3v) is 5.25. The number of ether oxygens (including phenoxy) is 2. The maximum Gasteiger partial charge on any atom is 0.161 e. The third-order valence-electron chi connectivity index (χ3n) is 5.25. The van der Waals surface area contributed by atoms with Crippen LogP contribution in [0.2, 0.25) is 0 Å². The molecule has 6 heteroatoms. The van der Waals surface area contributed by atoms with Gasteiger partial charge in [0.15, 0.2) is 11.5 Å². The van der Waals surface area contributed by atoms with Gasteiger partial charge in [-0.05, 0) is 30.5 Å². The molecule has 0 bridgehead atoms. The molecule has 1 saturated heterocycles. The number of hydrogen-bond donors (Lipinski definition) is 2. The first-order valence-corrected chi connectivity index (χ1v) is 9.00. The fraction of sp³-hybridized carbons (Fsp3) is 0.667. The summed E-state index contributed by atoms with van der Waals surface area (Å²) < 4.78 is 11.1. The van der Waals surface area contributed by atoms with Crippen LogP contribution in [-0.2, 0) is 0 Å². The predicted octanol–water partition coefficient (Wildman–Crippen LogP) is 0.599. The Morgan fingerprint density at radius 2 is 1.79 bits per heavy atom. The lowest BCUT2D eigenvalue weighted by atomic mass is 10.0. The van der Waals surface area contributed by atoms with Crippen LogP contribution in [0.15, 0.2) is 18.2 Å². The highest BCUT2D eigenvalue weighted by Gasteiger charge is 2.32. The van der Waals surface area contributed by atoms with Crippen LogP contribution in [0.25, 0.3) is 0 Å². The Balaban J connectivity index is 1.33. The Bertz CT molecular complexity index is 571. The average molecular weight is 333 g/mol. The predicted molar refractivity (Wildman–Crippen MR) is 91.4 cm³/mol. The van der Waals surface area contributed by atoms with Gasteiger partial charge in [-0.3, -0.25) is 9.80 Å². The maximum absolute atomic E-state index is 10.6. The minimum atomic E-state index is -0.692. The minimum Gasteiger partial charge on any atom is -0.486 e. The topological polar surface area (TPSA) is 71.2 Å². The highest BCUT2D eigenvalue weighted by atomic mass is 16.6. The Morgan fingerprint density at radius 1 is 1.08 bits per heavy atom. The van der Waals surface area contributed by atoms with Gasteiger partial charge in [0, 0.05) is 44.8 Å². The van der Waals surface area contributed by atoms with Crippen LogP contribution in [0.5, 0.6) is 11.5 Å². The van der Waals surface area contributed by atoms with E-state index in [-0.39, 0.29) is 6.04 Å². The minimum absolute atomic E-state index is 0.306. The van der Waals surface area contributed by atoms with Gasteiger partial charge in [0.1, 0.15) is 13.2 Å². The molecule has 0 spiro atoms. The fourth-order valence-corrected chi connectivity index (χ4v) is 3.64. The van der Waals surface area contributed by atoms with Crippen molar-refractivity contribution in [2.75, 3.05) is 45.9 Å². The first-order valence-electron chi connectivity index (χ1n) is 9.00. The van der Waals surface area contributed by atoms with Gasteiger partial charge in [-0.15, -0.1) is 0 Å². The molecule has 0 aromatic heterocycles. The second kappa shape index (κ2) is 6.88. The molecule has 0 amide bonds. The number of aliphatic hydroxyl groups is 1. The Kier molecular flexibility index (Phi) is 4.63. The SMILES string of the molecule is N[C@H](CN1CCN(C2CC2)CC1)[C@H](O)c1ccc2c(c1)OCCO2. The molecular formula is C18H27N3O3. The summed E-state index contributed by atoms with van der Waals surface area (Å²) in [6, 6.07) is 6.12. The second-order valence-electron chi connectivity index (χ2n) is 7.08. The molecule has 2 atom stereocenters. The highest BCUT2D eigenvalue weighted by Crippen LogP contribution is 2.33. The zero-order valence-electron chi connectivity index (χ0n) is 14.1. The van der Waals surface area contributed by atoms with E-state index in [1.807, 2.05) is 18.2 Å². The van der Waals surface area contributed by atoms with E-state index in [2.05, 4.69) is 9.80 Å². The average Bonchev–Trinajstić information content (AvgIpc) is 3.46. The molecule has 0 radical (unpaired) electrons. The van der Waals surface area contributed by atoms with Gasteiger partial charge in [-0.25, -0.2) is 0 Å². The van der Waals surface area contributed by atoms with Gasteiger partial charge in [0.05, 0.1) is 6.10 Å². The Labute approximate surface area is 143 Å². The summed E-state index contributed by atoms with van der Waals surface area (Å²) in [5.41, 5.74) is 7.08. The monoisotopic (exact) mass is 333 g/mol. The van der Waals surface area contributed by atoms with Gasteiger partial charge >= 0.3 is 0 Å². The number of nitrogens with zero attached hydrogens (tertiary/aromatic N) is 2. The molecule has 24 heavy (non-hydrogen) atoms. The third kappa shape index (κ3) is 3.52. The zero-order valence-corrected chi connectivity index (χ0v) is 14.1. The summed E-state index contributed by atoms with van der Waals surface area (Å²) in [5, 5.41) is 10.6. The van der Waals surface area contributed by atoms with Crippen LogP contribution >= 0.6 is 0 Å². The quantitative estimate of drug-likeness (QED) is 0.822. The highest BCUT2D eigenvalue weighted by molar-refractivity contribution is 5.44. The van der Waals surface area contributed by atoms with Crippen molar-refractivity contribution in [1.29, 1.82) is 0 Å². The van der Waals surface area contributed by atoms with Crippen molar-refractivity contribution in [3.05, 3.63) is 23.8 Å². The molecule has 1 aliphatic carbocycles. The van der Waals surface area contributed by atoms with Gasteiger partial charge in [0.2, 0.25) is 0 Å². The van der Waals surface area contributed by atoms with Gasteiger partial charge < -0.3 is 20.3 Å². The fourth-order valence-electron chi connectivity index (χ4n) is 3.64. The first-order chi connectivity index (χ1) is 11.7. The smallest absolute Gasteiger partial charge is 0.161 e. The van der Waals surface area contributed by atoms with E-state index in [1.54, 1.807) is 0 Å². The van der Waals surface area contributed by atoms with E-state index in [1.165, 1.54) is 12.8 Å². The molecule has 132 valence electrons. The van der Waals surface area contributed by atoms with Gasteiger partial charge in [-0.1, -0.05) is 6.07 Å². The zero-order chi connectivity index (χ0) is 16.5. The molecule has 3 N–H and O–H groups in total. The summed E-state index contributed by atoms with van der Waals surface area (Å²) in [4.78, 5) is 4.95. The van der Waals surface area contributed by atoms with Crippen LogP contribution in [0.4, 0.5) is 0 Å². The molecule has 2 heterocycles. The summed E-state index contributed by atoms with van der Waals surface area (Å²) in [6.45, 7) is 6.16. The van der Waals surface area contributed by atoms with Crippen molar-refractivity contribution in [2.24, 2.45) is 5.73 Å². The molecule has 4 rings (SSSR count). The van der Waals surface area contributed by atoms with Gasteiger partial charge in [-0.2, -0.15) is 0 Å². The number of benzene rings is 1. The number of nitrogens with two attached hydrogens (primary N) is 1. The van der Waals surface area contributed by atoms with Crippen molar-refractivity contribution >= 4 is 0 Å². The number of piperazine rings is 1. The number of hydrogen-bond acceptors (Lipinski definition) is 6. The number of aliphatic hydroxyl groups excluding tert-OH is 1. The molecular weight excluding hydrogens is 306 g/mol. The lowest BCUT2D eigenvalue weighted by Gasteiger charge is -2.36. The lowest BCUT2D eigenvalue weighted by molar-refractivity contribution is 0.0845. The van der Waals surface area contributed by atoms with Crippen LogP contribution < -0.4 is 15.2 Å². The summed E-state index contributed by atoms with van der Waals surface area (Å²) >= 11 is 0. The molecule has 2 aliphatic heterocycles. The number of fused-ring (bicyclic) bond motifs is 1. The summed E-state index contributed by atoms with van der Waals surface area (Å²) in [5.74, 6) is 1.44. The van der Waals surface area contributed by atoms with E-state index >= 15 is 0 Å². The summed E-state index contributed by atoms with van der Waals surface area (Å²) in [7, 11) is 0. The van der Waals surface area contributed by atoms with Crippen molar-refractivity contribution in [3.8, 4) is 11.5 Å². The summed E-state index contributed by atoms with van der Waals surface area (Å²) in [6.07, 6.45) is 2.03. The van der Waals surface area contributed by atoms with Crippen molar-refractivity contribution in [1.82, 2.24) is 9.80 Å². The van der Waals surface area contributed by atoms with Crippen LogP contribution in [0.3, 0.4) is 0 Å². The van der Waals surface area contributed by atoms with E-state index in [0.29, 0.717) is 25.5 Å². The first kappa shape index (κ1) is 16.1. The molecule has 0 unspecified atom stereocenters. The standard InChI is InChI=1S/C18H27N3O3/c19-15(12-20-5-7-21(8-6-20)14-2-3-14)18(22)13-1-4-16-17(11-13)24-10-9-23-16/h1,4,11,14-15,18,22H,2-3,5-10,12,19H2/t15-,18-/m1/s1.